The Hall–Kier alpha value is -2.77. The van der Waals surface area contributed by atoms with E-state index in [0.717, 1.165) is 18.8 Å². The van der Waals surface area contributed by atoms with Gasteiger partial charge in [-0.1, -0.05) is 18.2 Å². The summed E-state index contributed by atoms with van der Waals surface area (Å²) >= 11 is 0. The second-order valence-electron chi connectivity index (χ2n) is 6.63. The number of carboxylic acids is 1. The Balaban J connectivity index is 1.41. The molecule has 2 saturated heterocycles. The van der Waals surface area contributed by atoms with Crippen LogP contribution in [0.3, 0.4) is 0 Å². The highest BCUT2D eigenvalue weighted by Gasteiger charge is 2.31. The number of amides is 3. The van der Waals surface area contributed by atoms with Crippen LogP contribution in [-0.2, 0) is 9.59 Å². The molecule has 3 rings (SSSR count). The molecule has 1 aromatic rings. The van der Waals surface area contributed by atoms with Crippen LogP contribution in [0.25, 0.3) is 0 Å². The van der Waals surface area contributed by atoms with E-state index < -0.39 is 11.9 Å². The predicted octanol–water partition coefficient (Wildman–Crippen LogP) is 0.451. The summed E-state index contributed by atoms with van der Waals surface area (Å²) in [5.41, 5.74) is 1.15. The maximum Gasteiger partial charge on any atom is 0.317 e. The second-order valence-corrected chi connectivity index (χ2v) is 6.63. The Bertz CT molecular complexity index is 658. The minimum absolute atomic E-state index is 0.0571. The summed E-state index contributed by atoms with van der Waals surface area (Å²) in [6.45, 7) is 3.31. The van der Waals surface area contributed by atoms with E-state index >= 15 is 0 Å². The molecule has 2 heterocycles. The van der Waals surface area contributed by atoms with Gasteiger partial charge in [0.2, 0.25) is 5.91 Å². The smallest absolute Gasteiger partial charge is 0.317 e. The second kappa shape index (κ2) is 8.07. The fourth-order valence-corrected chi connectivity index (χ4v) is 3.37. The van der Waals surface area contributed by atoms with Crippen LogP contribution >= 0.6 is 0 Å². The van der Waals surface area contributed by atoms with Crippen LogP contribution < -0.4 is 10.2 Å². The van der Waals surface area contributed by atoms with Gasteiger partial charge >= 0.3 is 12.0 Å². The van der Waals surface area contributed by atoms with Crippen LogP contribution in [-0.4, -0.2) is 78.6 Å². The normalized spacial score (nSPS) is 20.2. The first-order valence-electron chi connectivity index (χ1n) is 8.88. The lowest BCUT2D eigenvalue weighted by Gasteiger charge is -2.36. The van der Waals surface area contributed by atoms with Gasteiger partial charge in [-0.2, -0.15) is 0 Å². The van der Waals surface area contributed by atoms with Gasteiger partial charge in [-0.05, 0) is 18.6 Å². The number of para-hydroxylation sites is 1. The summed E-state index contributed by atoms with van der Waals surface area (Å²) in [5.74, 6) is -1.50. The SMILES string of the molecule is O=C(O)C1CCN(C(=O)NCC(=O)N2CCN(c3ccccc3)CC2)C1. The van der Waals surface area contributed by atoms with Gasteiger partial charge in [0.25, 0.3) is 0 Å². The third-order valence-electron chi connectivity index (χ3n) is 4.97. The summed E-state index contributed by atoms with van der Waals surface area (Å²) in [7, 11) is 0. The minimum atomic E-state index is -0.882. The van der Waals surface area contributed by atoms with E-state index in [-0.39, 0.29) is 25.0 Å². The maximum absolute atomic E-state index is 12.3. The molecule has 8 nitrogen and oxygen atoms in total. The first-order chi connectivity index (χ1) is 12.5. The molecule has 2 aliphatic rings. The van der Waals surface area contributed by atoms with Crippen LogP contribution in [0.1, 0.15) is 6.42 Å². The van der Waals surface area contributed by atoms with E-state index in [1.165, 1.54) is 4.90 Å². The zero-order valence-corrected chi connectivity index (χ0v) is 14.6. The van der Waals surface area contributed by atoms with E-state index in [9.17, 15) is 14.4 Å². The highest BCUT2D eigenvalue weighted by molar-refractivity contribution is 5.84. The number of carbonyl (C=O) groups is 3. The molecule has 0 aliphatic carbocycles. The van der Waals surface area contributed by atoms with Crippen LogP contribution in [0, 0.1) is 5.92 Å². The van der Waals surface area contributed by atoms with Crippen molar-refractivity contribution in [3.05, 3.63) is 30.3 Å². The van der Waals surface area contributed by atoms with Gasteiger partial charge in [0.05, 0.1) is 12.5 Å². The van der Waals surface area contributed by atoms with Gasteiger partial charge in [0.15, 0.2) is 0 Å². The van der Waals surface area contributed by atoms with Crippen LogP contribution in [0.5, 0.6) is 0 Å². The summed E-state index contributed by atoms with van der Waals surface area (Å²) in [5, 5.41) is 11.6. The Morgan fingerprint density at radius 1 is 1.00 bits per heavy atom. The zero-order chi connectivity index (χ0) is 18.5. The summed E-state index contributed by atoms with van der Waals surface area (Å²) in [6.07, 6.45) is 0.456. The molecule has 140 valence electrons. The van der Waals surface area contributed by atoms with Crippen LogP contribution in [0.15, 0.2) is 30.3 Å². The third-order valence-corrected chi connectivity index (χ3v) is 4.97. The Kier molecular flexibility index (Phi) is 5.60. The van der Waals surface area contributed by atoms with Crippen LogP contribution in [0.4, 0.5) is 10.5 Å². The number of nitrogens with zero attached hydrogens (tertiary/aromatic N) is 3. The van der Waals surface area contributed by atoms with Crippen molar-refractivity contribution in [2.24, 2.45) is 5.92 Å². The lowest BCUT2D eigenvalue weighted by atomic mass is 10.1. The lowest BCUT2D eigenvalue weighted by Crippen LogP contribution is -2.52. The molecule has 2 fully saturated rings. The fourth-order valence-electron chi connectivity index (χ4n) is 3.37. The molecule has 0 spiro atoms. The molecule has 2 aliphatic heterocycles. The number of carbonyl (C=O) groups excluding carboxylic acids is 2. The number of urea groups is 1. The van der Waals surface area contributed by atoms with E-state index in [1.54, 1.807) is 4.90 Å². The summed E-state index contributed by atoms with van der Waals surface area (Å²) < 4.78 is 0. The Labute approximate surface area is 152 Å². The first-order valence-corrected chi connectivity index (χ1v) is 8.88. The number of rotatable bonds is 4. The van der Waals surface area contributed by atoms with Crippen molar-refractivity contribution in [2.45, 2.75) is 6.42 Å². The average molecular weight is 360 g/mol. The van der Waals surface area contributed by atoms with Crippen molar-refractivity contribution in [3.63, 3.8) is 0 Å². The minimum Gasteiger partial charge on any atom is -0.481 e. The van der Waals surface area contributed by atoms with Crippen LogP contribution in [0.2, 0.25) is 0 Å². The molecule has 3 amide bonds. The molecule has 0 bridgehead atoms. The Morgan fingerprint density at radius 3 is 2.31 bits per heavy atom. The van der Waals surface area contributed by atoms with Crippen molar-refractivity contribution < 1.29 is 19.5 Å². The van der Waals surface area contributed by atoms with Gasteiger partial charge in [0, 0.05) is 45.0 Å². The quantitative estimate of drug-likeness (QED) is 0.813. The molecule has 1 atom stereocenters. The lowest BCUT2D eigenvalue weighted by molar-refractivity contribution is -0.141. The molecule has 8 heteroatoms. The third kappa shape index (κ3) is 4.25. The number of likely N-dealkylation sites (tertiary alicyclic amines) is 1. The maximum atomic E-state index is 12.3. The molecular formula is C18H24N4O4. The monoisotopic (exact) mass is 360 g/mol. The summed E-state index contributed by atoms with van der Waals surface area (Å²) in [6, 6.07) is 9.71. The number of hydrogen-bond acceptors (Lipinski definition) is 4. The van der Waals surface area contributed by atoms with Crippen molar-refractivity contribution in [3.8, 4) is 0 Å². The number of nitrogens with one attached hydrogen (secondary N) is 1. The van der Waals surface area contributed by atoms with E-state index in [4.69, 9.17) is 5.11 Å². The molecule has 1 aromatic carbocycles. The van der Waals surface area contributed by atoms with Gasteiger partial charge in [0.1, 0.15) is 0 Å². The van der Waals surface area contributed by atoms with Gasteiger partial charge < -0.3 is 25.1 Å². The number of anilines is 1. The molecule has 1 unspecified atom stereocenters. The topological polar surface area (TPSA) is 93.2 Å². The number of hydrogen-bond donors (Lipinski definition) is 2. The van der Waals surface area contributed by atoms with Gasteiger partial charge in [-0.15, -0.1) is 0 Å². The molecule has 2 N–H and O–H groups in total. The zero-order valence-electron chi connectivity index (χ0n) is 14.6. The fraction of sp³-hybridized carbons (Fsp3) is 0.500. The largest absolute Gasteiger partial charge is 0.481 e. The average Bonchev–Trinajstić information content (AvgIpc) is 3.17. The van der Waals surface area contributed by atoms with E-state index in [2.05, 4.69) is 22.3 Å². The van der Waals surface area contributed by atoms with Crippen molar-refractivity contribution >= 4 is 23.6 Å². The number of aliphatic carboxylic acids is 1. The Morgan fingerprint density at radius 2 is 1.69 bits per heavy atom. The van der Waals surface area contributed by atoms with Crippen molar-refractivity contribution in [1.29, 1.82) is 0 Å². The predicted molar refractivity (Wildman–Crippen MR) is 95.9 cm³/mol. The molecule has 0 radical (unpaired) electrons. The van der Waals surface area contributed by atoms with Gasteiger partial charge in [-0.25, -0.2) is 4.79 Å². The van der Waals surface area contributed by atoms with Crippen molar-refractivity contribution in [2.75, 3.05) is 50.7 Å². The molecule has 26 heavy (non-hydrogen) atoms. The van der Waals surface area contributed by atoms with Gasteiger partial charge in [-0.3, -0.25) is 9.59 Å². The van der Waals surface area contributed by atoms with E-state index in [0.29, 0.717) is 26.1 Å². The number of carboxylic acid groups (broad SMARTS) is 1. The first kappa shape index (κ1) is 18.0. The molecule has 0 aromatic heterocycles. The number of piperazine rings is 1. The highest BCUT2D eigenvalue weighted by atomic mass is 16.4. The summed E-state index contributed by atoms with van der Waals surface area (Å²) in [4.78, 5) is 40.8. The van der Waals surface area contributed by atoms with Crippen molar-refractivity contribution in [1.82, 2.24) is 15.1 Å². The van der Waals surface area contributed by atoms with E-state index in [1.807, 2.05) is 18.2 Å². The molecular weight excluding hydrogens is 336 g/mol. The highest BCUT2D eigenvalue weighted by Crippen LogP contribution is 2.17. The standard InChI is InChI=1S/C18H24N4O4/c23-16(12-19-18(26)22-7-6-14(13-22)17(24)25)21-10-8-20(9-11-21)15-4-2-1-3-5-15/h1-5,14H,6-13H2,(H,19,26)(H,24,25). The number of benzene rings is 1. The molecule has 0 saturated carbocycles.